The number of rotatable bonds is 20. The summed E-state index contributed by atoms with van der Waals surface area (Å²) in [5, 5.41) is 0. The van der Waals surface area contributed by atoms with Crippen LogP contribution in [0.2, 0.25) is 0 Å². The largest absolute Gasteiger partial charge is 0.463 e. The SMILES string of the molecule is O=C(CS)OCCOCCOCCOCCOCCOCCOC(=O)CS. The molecule has 0 fully saturated rings. The van der Waals surface area contributed by atoms with Gasteiger partial charge in [0.25, 0.3) is 0 Å². The number of ether oxygens (including phenoxy) is 7. The second kappa shape index (κ2) is 21.7. The molecule has 0 spiro atoms. The van der Waals surface area contributed by atoms with Gasteiger partial charge in [-0.15, -0.1) is 0 Å². The van der Waals surface area contributed by atoms with Gasteiger partial charge in [0.2, 0.25) is 0 Å². The van der Waals surface area contributed by atoms with E-state index < -0.39 is 0 Å². The predicted molar refractivity (Wildman–Crippen MR) is 104 cm³/mol. The third-order valence-electron chi connectivity index (χ3n) is 2.73. The highest BCUT2D eigenvalue weighted by Gasteiger charge is 1.99. The fourth-order valence-corrected chi connectivity index (χ4v) is 1.68. The van der Waals surface area contributed by atoms with E-state index in [1.807, 2.05) is 0 Å². The van der Waals surface area contributed by atoms with Crippen LogP contribution in [0, 0.1) is 0 Å². The molecule has 160 valence electrons. The molecule has 0 aromatic rings. The van der Waals surface area contributed by atoms with E-state index in [9.17, 15) is 9.59 Å². The van der Waals surface area contributed by atoms with Crippen molar-refractivity contribution in [2.45, 2.75) is 0 Å². The first kappa shape index (κ1) is 26.4. The zero-order valence-corrected chi connectivity index (χ0v) is 17.3. The zero-order valence-electron chi connectivity index (χ0n) is 15.5. The van der Waals surface area contributed by atoms with E-state index in [2.05, 4.69) is 25.3 Å². The molecule has 0 aliphatic heterocycles. The standard InChI is InChI=1S/C16H30O9S2/c17-15(13-26)24-11-9-22-7-5-20-3-1-19-2-4-21-6-8-23-10-12-25-16(18)14-27/h26-27H,1-14H2. The van der Waals surface area contributed by atoms with Gasteiger partial charge in [0.15, 0.2) is 0 Å². The van der Waals surface area contributed by atoms with Gasteiger partial charge in [-0.1, -0.05) is 0 Å². The maximum absolute atomic E-state index is 10.8. The molecular formula is C16H30O9S2. The highest BCUT2D eigenvalue weighted by atomic mass is 32.1. The highest BCUT2D eigenvalue weighted by Crippen LogP contribution is 1.87. The van der Waals surface area contributed by atoms with Gasteiger partial charge in [-0.25, -0.2) is 0 Å². The van der Waals surface area contributed by atoms with Crippen LogP contribution in [0.1, 0.15) is 0 Å². The molecule has 0 saturated carbocycles. The summed E-state index contributed by atoms with van der Waals surface area (Å²) in [6, 6.07) is 0. The molecule has 0 saturated heterocycles. The molecule has 0 radical (unpaired) electrons. The van der Waals surface area contributed by atoms with E-state index in [0.717, 1.165) is 0 Å². The van der Waals surface area contributed by atoms with Crippen molar-refractivity contribution in [2.24, 2.45) is 0 Å². The molecule has 0 aliphatic carbocycles. The molecule has 0 bridgehead atoms. The van der Waals surface area contributed by atoms with E-state index >= 15 is 0 Å². The molecule has 0 rings (SSSR count). The average molecular weight is 431 g/mol. The number of thiol groups is 2. The monoisotopic (exact) mass is 430 g/mol. The molecule has 27 heavy (non-hydrogen) atoms. The average Bonchev–Trinajstić information content (AvgIpc) is 2.69. The van der Waals surface area contributed by atoms with Crippen molar-refractivity contribution in [3.63, 3.8) is 0 Å². The Kier molecular flexibility index (Phi) is 21.3. The Morgan fingerprint density at radius 2 is 0.667 bits per heavy atom. The summed E-state index contributed by atoms with van der Waals surface area (Å²) in [7, 11) is 0. The molecule has 0 amide bonds. The second-order valence-electron chi connectivity index (χ2n) is 4.82. The lowest BCUT2D eigenvalue weighted by molar-refractivity contribution is -0.142. The summed E-state index contributed by atoms with van der Waals surface area (Å²) in [6.07, 6.45) is 0. The van der Waals surface area contributed by atoms with Crippen molar-refractivity contribution in [3.05, 3.63) is 0 Å². The summed E-state index contributed by atoms with van der Waals surface area (Å²) in [5.74, 6) is -0.590. The third-order valence-corrected chi connectivity index (χ3v) is 3.24. The van der Waals surface area contributed by atoms with Crippen molar-refractivity contribution in [2.75, 3.05) is 90.8 Å². The number of carbonyl (C=O) groups is 2. The Morgan fingerprint density at radius 1 is 0.444 bits per heavy atom. The molecule has 0 aromatic carbocycles. The summed E-state index contributed by atoms with van der Waals surface area (Å²) in [5.41, 5.74) is 0. The first-order valence-corrected chi connectivity index (χ1v) is 9.89. The normalized spacial score (nSPS) is 10.7. The van der Waals surface area contributed by atoms with Gasteiger partial charge in [-0.2, -0.15) is 25.3 Å². The summed E-state index contributed by atoms with van der Waals surface area (Å²) in [4.78, 5) is 21.6. The lowest BCUT2D eigenvalue weighted by atomic mass is 10.6. The van der Waals surface area contributed by atoms with Gasteiger partial charge >= 0.3 is 11.9 Å². The van der Waals surface area contributed by atoms with Gasteiger partial charge < -0.3 is 33.2 Å². The summed E-state index contributed by atoms with van der Waals surface area (Å²) >= 11 is 7.57. The lowest BCUT2D eigenvalue weighted by Crippen LogP contribution is -2.15. The smallest absolute Gasteiger partial charge is 0.315 e. The highest BCUT2D eigenvalue weighted by molar-refractivity contribution is 7.81. The van der Waals surface area contributed by atoms with Crippen molar-refractivity contribution >= 4 is 37.2 Å². The first-order chi connectivity index (χ1) is 13.2. The Hall–Kier alpha value is -0.560. The van der Waals surface area contributed by atoms with Gasteiger partial charge in [-0.05, 0) is 0 Å². The van der Waals surface area contributed by atoms with Crippen LogP contribution in [0.15, 0.2) is 0 Å². The van der Waals surface area contributed by atoms with Gasteiger partial charge in [0, 0.05) is 0 Å². The van der Waals surface area contributed by atoms with Crippen LogP contribution in [-0.4, -0.2) is 103 Å². The minimum atomic E-state index is -0.362. The van der Waals surface area contributed by atoms with Crippen molar-refractivity contribution < 1.29 is 42.7 Å². The van der Waals surface area contributed by atoms with Crippen molar-refractivity contribution in [3.8, 4) is 0 Å². The maximum atomic E-state index is 10.8. The maximum Gasteiger partial charge on any atom is 0.315 e. The van der Waals surface area contributed by atoms with Crippen molar-refractivity contribution in [1.82, 2.24) is 0 Å². The molecule has 0 atom stereocenters. The molecule has 9 nitrogen and oxygen atoms in total. The van der Waals surface area contributed by atoms with E-state index in [1.54, 1.807) is 0 Å². The van der Waals surface area contributed by atoms with Crippen LogP contribution in [0.25, 0.3) is 0 Å². The number of hydrogen-bond donors (Lipinski definition) is 2. The van der Waals surface area contributed by atoms with Gasteiger partial charge in [-0.3, -0.25) is 9.59 Å². The van der Waals surface area contributed by atoms with Crippen LogP contribution in [0.5, 0.6) is 0 Å². The summed E-state index contributed by atoms with van der Waals surface area (Å²) in [6.45, 7) is 4.72. The minimum absolute atomic E-state index is 0.0670. The van der Waals surface area contributed by atoms with Crippen LogP contribution in [0.3, 0.4) is 0 Å². The Labute approximate surface area is 171 Å². The quantitative estimate of drug-likeness (QED) is 0.157. The minimum Gasteiger partial charge on any atom is -0.463 e. The van der Waals surface area contributed by atoms with E-state index in [4.69, 9.17) is 33.2 Å². The summed E-state index contributed by atoms with van der Waals surface area (Å²) < 4.78 is 36.0. The van der Waals surface area contributed by atoms with E-state index in [0.29, 0.717) is 66.1 Å². The van der Waals surface area contributed by atoms with Crippen molar-refractivity contribution in [1.29, 1.82) is 0 Å². The molecular weight excluding hydrogens is 400 g/mol. The Balaban J connectivity index is 3.05. The number of carbonyl (C=O) groups excluding carboxylic acids is 2. The number of esters is 2. The molecule has 11 heteroatoms. The molecule has 0 aromatic heterocycles. The van der Waals surface area contributed by atoms with Crippen LogP contribution >= 0.6 is 25.3 Å². The Morgan fingerprint density at radius 3 is 0.889 bits per heavy atom. The first-order valence-electron chi connectivity index (χ1n) is 8.62. The molecule has 0 heterocycles. The van der Waals surface area contributed by atoms with E-state index in [1.165, 1.54) is 0 Å². The van der Waals surface area contributed by atoms with Gasteiger partial charge in [0.1, 0.15) is 13.2 Å². The molecule has 0 aliphatic rings. The van der Waals surface area contributed by atoms with E-state index in [-0.39, 0.29) is 36.7 Å². The lowest BCUT2D eigenvalue weighted by Gasteiger charge is -2.08. The predicted octanol–water partition coefficient (Wildman–Crippen LogP) is 0.0154. The van der Waals surface area contributed by atoms with Crippen LogP contribution in [0.4, 0.5) is 0 Å². The number of hydrogen-bond acceptors (Lipinski definition) is 11. The molecule has 0 unspecified atom stereocenters. The van der Waals surface area contributed by atoms with Crippen LogP contribution in [-0.2, 0) is 42.7 Å². The fourth-order valence-electron chi connectivity index (χ4n) is 1.50. The Bertz CT molecular complexity index is 327. The fraction of sp³-hybridized carbons (Fsp3) is 0.875. The third kappa shape index (κ3) is 21.6. The van der Waals surface area contributed by atoms with Gasteiger partial charge in [0.05, 0.1) is 77.6 Å². The topological polar surface area (TPSA) is 98.8 Å². The van der Waals surface area contributed by atoms with Crippen LogP contribution < -0.4 is 0 Å². The second-order valence-corrected chi connectivity index (χ2v) is 5.45. The molecule has 0 N–H and O–H groups in total. The zero-order chi connectivity index (χ0) is 20.0.